The summed E-state index contributed by atoms with van der Waals surface area (Å²) >= 11 is 0. The van der Waals surface area contributed by atoms with Crippen molar-refractivity contribution in [3.63, 3.8) is 0 Å². The maximum atomic E-state index is 5.61. The Kier molecular flexibility index (Phi) is 3.38. The van der Waals surface area contributed by atoms with Crippen LogP contribution < -0.4 is 10.6 Å². The van der Waals surface area contributed by atoms with Crippen molar-refractivity contribution in [2.24, 2.45) is 0 Å². The summed E-state index contributed by atoms with van der Waals surface area (Å²) < 4.78 is 5.61. The van der Waals surface area contributed by atoms with E-state index in [1.165, 1.54) is 6.42 Å². The second-order valence-electron chi connectivity index (χ2n) is 4.17. The lowest BCUT2D eigenvalue weighted by molar-refractivity contribution is -0.0394. The second-order valence-corrected chi connectivity index (χ2v) is 4.17. The molecule has 0 radical (unpaired) electrons. The van der Waals surface area contributed by atoms with Gasteiger partial charge in [0.25, 0.3) is 0 Å². The van der Waals surface area contributed by atoms with Gasteiger partial charge in [0.1, 0.15) is 6.23 Å². The van der Waals surface area contributed by atoms with E-state index in [1.54, 1.807) is 0 Å². The van der Waals surface area contributed by atoms with E-state index in [4.69, 9.17) is 4.74 Å². The number of hydrogen-bond donors (Lipinski definition) is 2. The van der Waals surface area contributed by atoms with Crippen LogP contribution in [0, 0.1) is 0 Å². The van der Waals surface area contributed by atoms with E-state index in [9.17, 15) is 0 Å². The molecule has 2 heterocycles. The molecule has 2 saturated heterocycles. The Morgan fingerprint density at radius 2 is 2.29 bits per heavy atom. The summed E-state index contributed by atoms with van der Waals surface area (Å²) in [5.41, 5.74) is 0. The molecule has 0 saturated carbocycles. The van der Waals surface area contributed by atoms with Gasteiger partial charge < -0.3 is 10.1 Å². The molecule has 0 aromatic heterocycles. The van der Waals surface area contributed by atoms with Crippen molar-refractivity contribution >= 4 is 0 Å². The molecule has 2 N–H and O–H groups in total. The monoisotopic (exact) mass is 199 g/mol. The molecule has 0 amide bonds. The first kappa shape index (κ1) is 10.4. The zero-order chi connectivity index (χ0) is 9.97. The number of hydrogen-bond acceptors (Lipinski definition) is 4. The molecule has 14 heavy (non-hydrogen) atoms. The highest BCUT2D eigenvalue weighted by molar-refractivity contribution is 4.91. The van der Waals surface area contributed by atoms with Crippen LogP contribution in [0.4, 0.5) is 0 Å². The van der Waals surface area contributed by atoms with Crippen molar-refractivity contribution in [1.29, 1.82) is 0 Å². The lowest BCUT2D eigenvalue weighted by atomic mass is 10.00. The minimum Gasteiger partial charge on any atom is -0.364 e. The van der Waals surface area contributed by atoms with Crippen molar-refractivity contribution < 1.29 is 4.74 Å². The van der Waals surface area contributed by atoms with Gasteiger partial charge in [0, 0.05) is 25.7 Å². The molecule has 2 fully saturated rings. The van der Waals surface area contributed by atoms with Gasteiger partial charge in [-0.05, 0) is 26.8 Å². The number of nitrogens with one attached hydrogen (secondary N) is 2. The maximum absolute atomic E-state index is 5.61. The van der Waals surface area contributed by atoms with Gasteiger partial charge in [-0.1, -0.05) is 0 Å². The fourth-order valence-corrected chi connectivity index (χ4v) is 2.42. The molecule has 2 aliphatic rings. The fourth-order valence-electron chi connectivity index (χ4n) is 2.42. The SMILES string of the molecule is CCOC1CCC2NCCN(C)C2N1. The minimum atomic E-state index is 0.253. The summed E-state index contributed by atoms with van der Waals surface area (Å²) in [5.74, 6) is 0. The number of piperazine rings is 1. The molecule has 0 aliphatic carbocycles. The normalized spacial score (nSPS) is 39.4. The van der Waals surface area contributed by atoms with Crippen molar-refractivity contribution in [2.75, 3.05) is 26.7 Å². The van der Waals surface area contributed by atoms with E-state index < -0.39 is 0 Å². The molecular formula is C10H21N3O. The molecule has 3 unspecified atom stereocenters. The molecule has 4 heteroatoms. The average Bonchev–Trinajstić information content (AvgIpc) is 2.20. The van der Waals surface area contributed by atoms with Crippen LogP contribution in [0.1, 0.15) is 19.8 Å². The summed E-state index contributed by atoms with van der Waals surface area (Å²) in [6.07, 6.45) is 3.04. The fraction of sp³-hybridized carbons (Fsp3) is 1.00. The van der Waals surface area contributed by atoms with E-state index in [2.05, 4.69) is 29.5 Å². The zero-order valence-electron chi connectivity index (χ0n) is 9.12. The van der Waals surface area contributed by atoms with Gasteiger partial charge in [0.2, 0.25) is 0 Å². The van der Waals surface area contributed by atoms with Crippen LogP contribution in [-0.4, -0.2) is 50.1 Å². The number of nitrogens with zero attached hydrogens (tertiary/aromatic N) is 1. The van der Waals surface area contributed by atoms with Gasteiger partial charge in [-0.3, -0.25) is 10.2 Å². The first-order chi connectivity index (χ1) is 6.81. The Labute approximate surface area is 86.0 Å². The smallest absolute Gasteiger partial charge is 0.109 e. The molecule has 0 bridgehead atoms. The maximum Gasteiger partial charge on any atom is 0.109 e. The molecule has 3 atom stereocenters. The Bertz CT molecular complexity index is 188. The standard InChI is InChI=1S/C10H21N3O/c1-3-14-9-5-4-8-10(12-9)13(2)7-6-11-8/h8-12H,3-7H2,1-2H3. The molecule has 2 rings (SSSR count). The van der Waals surface area contributed by atoms with Gasteiger partial charge in [-0.15, -0.1) is 0 Å². The van der Waals surface area contributed by atoms with Gasteiger partial charge in [-0.2, -0.15) is 0 Å². The topological polar surface area (TPSA) is 36.5 Å². The van der Waals surface area contributed by atoms with Crippen LogP contribution >= 0.6 is 0 Å². The van der Waals surface area contributed by atoms with Crippen molar-refractivity contribution in [2.45, 2.75) is 38.2 Å². The highest BCUT2D eigenvalue weighted by Crippen LogP contribution is 2.18. The molecule has 4 nitrogen and oxygen atoms in total. The number of piperidine rings is 1. The number of rotatable bonds is 2. The molecule has 0 aromatic rings. The zero-order valence-corrected chi connectivity index (χ0v) is 9.12. The quantitative estimate of drug-likeness (QED) is 0.654. The Balaban J connectivity index is 1.91. The predicted octanol–water partition coefficient (Wildman–Crippen LogP) is -0.0379. The van der Waals surface area contributed by atoms with E-state index in [0.29, 0.717) is 12.2 Å². The summed E-state index contributed by atoms with van der Waals surface area (Å²) in [5, 5.41) is 7.10. The predicted molar refractivity (Wildman–Crippen MR) is 56.0 cm³/mol. The highest BCUT2D eigenvalue weighted by Gasteiger charge is 2.34. The van der Waals surface area contributed by atoms with Crippen LogP contribution in [-0.2, 0) is 4.74 Å². The van der Waals surface area contributed by atoms with Crippen molar-refractivity contribution in [3.8, 4) is 0 Å². The van der Waals surface area contributed by atoms with Crippen LogP contribution in [0.15, 0.2) is 0 Å². The summed E-state index contributed by atoms with van der Waals surface area (Å²) in [7, 11) is 2.18. The third-order valence-corrected chi connectivity index (χ3v) is 3.19. The Morgan fingerprint density at radius 1 is 1.43 bits per heavy atom. The molecule has 0 aromatic carbocycles. The molecule has 82 valence electrons. The van der Waals surface area contributed by atoms with Crippen LogP contribution in [0.5, 0.6) is 0 Å². The van der Waals surface area contributed by atoms with Gasteiger partial charge in [0.05, 0.1) is 6.17 Å². The van der Waals surface area contributed by atoms with E-state index >= 15 is 0 Å². The number of fused-ring (bicyclic) bond motifs is 1. The first-order valence-corrected chi connectivity index (χ1v) is 5.62. The Morgan fingerprint density at radius 3 is 3.07 bits per heavy atom. The third kappa shape index (κ3) is 2.08. The summed E-state index contributed by atoms with van der Waals surface area (Å²) in [6.45, 7) is 5.08. The first-order valence-electron chi connectivity index (χ1n) is 5.62. The molecule has 2 aliphatic heterocycles. The Hall–Kier alpha value is -0.160. The number of likely N-dealkylation sites (N-methyl/N-ethyl adjacent to an activating group) is 1. The molecule has 0 spiro atoms. The van der Waals surface area contributed by atoms with Gasteiger partial charge >= 0.3 is 0 Å². The summed E-state index contributed by atoms with van der Waals surface area (Å²) in [6, 6.07) is 0.602. The lowest BCUT2D eigenvalue weighted by Gasteiger charge is -2.45. The van der Waals surface area contributed by atoms with Crippen molar-refractivity contribution in [3.05, 3.63) is 0 Å². The van der Waals surface area contributed by atoms with Crippen LogP contribution in [0.2, 0.25) is 0 Å². The van der Waals surface area contributed by atoms with E-state index in [0.717, 1.165) is 26.1 Å². The van der Waals surface area contributed by atoms with Crippen LogP contribution in [0.25, 0.3) is 0 Å². The average molecular weight is 199 g/mol. The largest absolute Gasteiger partial charge is 0.364 e. The van der Waals surface area contributed by atoms with E-state index in [1.807, 2.05) is 0 Å². The number of ether oxygens (including phenoxy) is 1. The summed E-state index contributed by atoms with van der Waals surface area (Å²) in [4.78, 5) is 2.38. The van der Waals surface area contributed by atoms with Crippen LogP contribution in [0.3, 0.4) is 0 Å². The lowest BCUT2D eigenvalue weighted by Crippen LogP contribution is -2.67. The highest BCUT2D eigenvalue weighted by atomic mass is 16.5. The third-order valence-electron chi connectivity index (χ3n) is 3.19. The minimum absolute atomic E-state index is 0.253. The van der Waals surface area contributed by atoms with Gasteiger partial charge in [0.15, 0.2) is 0 Å². The van der Waals surface area contributed by atoms with E-state index in [-0.39, 0.29) is 6.23 Å². The molecular weight excluding hydrogens is 178 g/mol. The van der Waals surface area contributed by atoms with Gasteiger partial charge in [-0.25, -0.2) is 0 Å². The van der Waals surface area contributed by atoms with Crippen molar-refractivity contribution in [1.82, 2.24) is 15.5 Å². The second kappa shape index (κ2) is 4.57.